The summed E-state index contributed by atoms with van der Waals surface area (Å²) < 4.78 is 0.716. The molecular weight excluding hydrogens is 376 g/mol. The van der Waals surface area contributed by atoms with Gasteiger partial charge in [-0.3, -0.25) is 9.59 Å². The minimum absolute atomic E-state index is 0.244. The van der Waals surface area contributed by atoms with Crippen molar-refractivity contribution in [1.82, 2.24) is 0 Å². The third-order valence-electron chi connectivity index (χ3n) is 4.10. The van der Waals surface area contributed by atoms with E-state index in [0.29, 0.717) is 26.5 Å². The van der Waals surface area contributed by atoms with Gasteiger partial charge in [0.05, 0.1) is 11.1 Å². The van der Waals surface area contributed by atoms with E-state index in [1.807, 2.05) is 12.1 Å². The van der Waals surface area contributed by atoms with E-state index < -0.39 is 5.91 Å². The lowest BCUT2D eigenvalue weighted by Crippen LogP contribution is -2.19. The number of fused-ring (bicyclic) bond motifs is 1. The molecular formula is C17H17BrN2O2S. The molecule has 2 aromatic rings. The maximum Gasteiger partial charge on any atom is 0.257 e. The number of rotatable bonds is 3. The predicted molar refractivity (Wildman–Crippen MR) is 96.1 cm³/mol. The summed E-state index contributed by atoms with van der Waals surface area (Å²) in [5.74, 6) is -0.125. The zero-order valence-corrected chi connectivity index (χ0v) is 15.1. The molecule has 23 heavy (non-hydrogen) atoms. The molecule has 2 amide bonds. The third kappa shape index (κ3) is 3.19. The molecule has 0 spiro atoms. The number of anilines is 1. The monoisotopic (exact) mass is 392 g/mol. The number of hydrogen-bond donors (Lipinski definition) is 2. The quantitative estimate of drug-likeness (QED) is 0.828. The lowest BCUT2D eigenvalue weighted by Gasteiger charge is -2.18. The van der Waals surface area contributed by atoms with E-state index in [9.17, 15) is 9.59 Å². The zero-order valence-electron chi connectivity index (χ0n) is 12.7. The SMILES string of the molecule is C[C@@H]1CCc2c(sc(NC(=O)c3ccccc3Br)c2C(N)=O)C1. The Morgan fingerprint density at radius 1 is 1.35 bits per heavy atom. The molecule has 1 atom stereocenters. The summed E-state index contributed by atoms with van der Waals surface area (Å²) in [6, 6.07) is 7.20. The standard InChI is InChI=1S/C17H17BrN2O2S/c1-9-6-7-11-13(8-9)23-17(14(11)15(19)21)20-16(22)10-4-2-3-5-12(10)18/h2-5,9H,6-8H2,1H3,(H2,19,21)(H,20,22)/t9-/m1/s1. The lowest BCUT2D eigenvalue weighted by atomic mass is 9.88. The van der Waals surface area contributed by atoms with Gasteiger partial charge in [0, 0.05) is 9.35 Å². The lowest BCUT2D eigenvalue weighted by molar-refractivity contribution is 0.1000. The van der Waals surface area contributed by atoms with Crippen LogP contribution < -0.4 is 11.1 Å². The van der Waals surface area contributed by atoms with Crippen LogP contribution in [0.15, 0.2) is 28.7 Å². The Balaban J connectivity index is 1.96. The number of halogens is 1. The Bertz CT molecular complexity index is 785. The van der Waals surface area contributed by atoms with Crippen molar-refractivity contribution in [2.75, 3.05) is 5.32 Å². The van der Waals surface area contributed by atoms with Crippen molar-refractivity contribution in [2.24, 2.45) is 11.7 Å². The van der Waals surface area contributed by atoms with Crippen molar-refractivity contribution in [3.8, 4) is 0 Å². The van der Waals surface area contributed by atoms with Gasteiger partial charge in [-0.1, -0.05) is 19.1 Å². The van der Waals surface area contributed by atoms with Gasteiger partial charge in [0.15, 0.2) is 0 Å². The minimum atomic E-state index is -0.473. The van der Waals surface area contributed by atoms with Gasteiger partial charge in [0.25, 0.3) is 11.8 Å². The molecule has 0 fully saturated rings. The van der Waals surface area contributed by atoms with Gasteiger partial charge in [0.1, 0.15) is 5.00 Å². The number of amides is 2. The summed E-state index contributed by atoms with van der Waals surface area (Å²) in [5, 5.41) is 3.44. The molecule has 4 nitrogen and oxygen atoms in total. The van der Waals surface area contributed by atoms with Crippen LogP contribution >= 0.6 is 27.3 Å². The van der Waals surface area contributed by atoms with E-state index in [2.05, 4.69) is 28.2 Å². The highest BCUT2D eigenvalue weighted by molar-refractivity contribution is 9.10. The van der Waals surface area contributed by atoms with Crippen LogP contribution in [0.4, 0.5) is 5.00 Å². The van der Waals surface area contributed by atoms with E-state index in [-0.39, 0.29) is 5.91 Å². The van der Waals surface area contributed by atoms with Crippen LogP contribution in [0.2, 0.25) is 0 Å². The van der Waals surface area contributed by atoms with Crippen LogP contribution in [-0.2, 0) is 12.8 Å². The molecule has 0 aliphatic heterocycles. The number of nitrogens with one attached hydrogen (secondary N) is 1. The Hall–Kier alpha value is -1.66. The Kier molecular flexibility index (Phi) is 4.55. The van der Waals surface area contributed by atoms with Crippen LogP contribution in [0.5, 0.6) is 0 Å². The number of benzene rings is 1. The summed E-state index contributed by atoms with van der Waals surface area (Å²) in [5.41, 5.74) is 7.60. The second kappa shape index (κ2) is 6.45. The van der Waals surface area contributed by atoms with Gasteiger partial charge in [-0.25, -0.2) is 0 Å². The first kappa shape index (κ1) is 16.2. The van der Waals surface area contributed by atoms with E-state index in [0.717, 1.165) is 24.8 Å². The minimum Gasteiger partial charge on any atom is -0.365 e. The molecule has 0 saturated carbocycles. The van der Waals surface area contributed by atoms with Crippen molar-refractivity contribution in [1.29, 1.82) is 0 Å². The molecule has 0 bridgehead atoms. The second-order valence-corrected chi connectivity index (χ2v) is 7.81. The summed E-state index contributed by atoms with van der Waals surface area (Å²) in [4.78, 5) is 25.6. The van der Waals surface area contributed by atoms with Gasteiger partial charge in [0.2, 0.25) is 0 Å². The Labute approximate surface area is 147 Å². The van der Waals surface area contributed by atoms with E-state index in [1.54, 1.807) is 12.1 Å². The van der Waals surface area contributed by atoms with Gasteiger partial charge in [-0.2, -0.15) is 0 Å². The van der Waals surface area contributed by atoms with E-state index in [4.69, 9.17) is 5.73 Å². The topological polar surface area (TPSA) is 72.2 Å². The molecule has 1 heterocycles. The highest BCUT2D eigenvalue weighted by atomic mass is 79.9. The fourth-order valence-electron chi connectivity index (χ4n) is 2.92. The second-order valence-electron chi connectivity index (χ2n) is 5.85. The van der Waals surface area contributed by atoms with Crippen LogP contribution in [0.25, 0.3) is 0 Å². The highest BCUT2D eigenvalue weighted by Gasteiger charge is 2.27. The summed E-state index contributed by atoms with van der Waals surface area (Å²) in [6.45, 7) is 2.20. The van der Waals surface area contributed by atoms with Gasteiger partial charge < -0.3 is 11.1 Å². The average Bonchev–Trinajstić information content (AvgIpc) is 2.84. The fourth-order valence-corrected chi connectivity index (χ4v) is 4.79. The molecule has 1 aromatic heterocycles. The number of primary amides is 1. The third-order valence-corrected chi connectivity index (χ3v) is 5.96. The van der Waals surface area contributed by atoms with Crippen LogP contribution in [0.1, 0.15) is 44.5 Å². The maximum atomic E-state index is 12.5. The van der Waals surface area contributed by atoms with Crippen molar-refractivity contribution in [3.63, 3.8) is 0 Å². The Morgan fingerprint density at radius 2 is 2.09 bits per heavy atom. The number of carbonyl (C=O) groups is 2. The van der Waals surface area contributed by atoms with Crippen molar-refractivity contribution in [2.45, 2.75) is 26.2 Å². The van der Waals surface area contributed by atoms with E-state index >= 15 is 0 Å². The highest BCUT2D eigenvalue weighted by Crippen LogP contribution is 2.39. The van der Waals surface area contributed by atoms with Crippen molar-refractivity contribution in [3.05, 3.63) is 50.3 Å². The van der Waals surface area contributed by atoms with Crippen LogP contribution in [0.3, 0.4) is 0 Å². The molecule has 6 heteroatoms. The first-order valence-corrected chi connectivity index (χ1v) is 9.08. The molecule has 0 radical (unpaired) electrons. The molecule has 1 aromatic carbocycles. The predicted octanol–water partition coefficient (Wildman–Crippen LogP) is 3.99. The van der Waals surface area contributed by atoms with E-state index in [1.165, 1.54) is 16.2 Å². The zero-order chi connectivity index (χ0) is 16.6. The summed E-state index contributed by atoms with van der Waals surface area (Å²) in [7, 11) is 0. The Morgan fingerprint density at radius 3 is 2.78 bits per heavy atom. The summed E-state index contributed by atoms with van der Waals surface area (Å²) in [6.07, 6.45) is 2.82. The molecule has 1 aliphatic rings. The number of nitrogens with two attached hydrogens (primary N) is 1. The number of thiophene rings is 1. The molecule has 1 aliphatic carbocycles. The molecule has 120 valence electrons. The van der Waals surface area contributed by atoms with Gasteiger partial charge >= 0.3 is 0 Å². The smallest absolute Gasteiger partial charge is 0.257 e. The van der Waals surface area contributed by atoms with Crippen molar-refractivity contribution < 1.29 is 9.59 Å². The molecule has 0 unspecified atom stereocenters. The fraction of sp³-hybridized carbons (Fsp3) is 0.294. The first-order chi connectivity index (χ1) is 11.0. The van der Waals surface area contributed by atoms with Gasteiger partial charge in [-0.15, -0.1) is 11.3 Å². The maximum absolute atomic E-state index is 12.5. The van der Waals surface area contributed by atoms with Crippen molar-refractivity contribution >= 4 is 44.1 Å². The molecule has 0 saturated heterocycles. The molecule has 3 N–H and O–H groups in total. The van der Waals surface area contributed by atoms with Crippen LogP contribution in [0, 0.1) is 5.92 Å². The normalized spacial score (nSPS) is 16.7. The molecule has 3 rings (SSSR count). The number of carbonyl (C=O) groups excluding carboxylic acids is 2. The largest absolute Gasteiger partial charge is 0.365 e. The van der Waals surface area contributed by atoms with Gasteiger partial charge in [-0.05, 0) is 58.8 Å². The summed E-state index contributed by atoms with van der Waals surface area (Å²) >= 11 is 4.85. The number of hydrogen-bond acceptors (Lipinski definition) is 3. The first-order valence-electron chi connectivity index (χ1n) is 7.47. The average molecular weight is 393 g/mol. The van der Waals surface area contributed by atoms with Crippen LogP contribution in [-0.4, -0.2) is 11.8 Å².